The largest absolute Gasteiger partial charge is 0.481 e. The Morgan fingerprint density at radius 1 is 1.03 bits per heavy atom. The van der Waals surface area contributed by atoms with Crippen molar-refractivity contribution in [2.24, 2.45) is 5.92 Å². The fourth-order valence-electron chi connectivity index (χ4n) is 3.98. The molecule has 196 valence electrons. The van der Waals surface area contributed by atoms with Gasteiger partial charge in [0.2, 0.25) is 0 Å². The van der Waals surface area contributed by atoms with E-state index >= 15 is 0 Å². The molecule has 0 radical (unpaired) electrons. The van der Waals surface area contributed by atoms with Crippen LogP contribution in [0.2, 0.25) is 0 Å². The highest BCUT2D eigenvalue weighted by atomic mass is 16.4. The molecule has 0 saturated carbocycles. The molecule has 1 aliphatic carbocycles. The van der Waals surface area contributed by atoms with E-state index in [-0.39, 0.29) is 0 Å². The summed E-state index contributed by atoms with van der Waals surface area (Å²) in [6.45, 7) is 4.38. The number of hydrogen-bond acceptors (Lipinski definition) is 7. The molecule has 11 heteroatoms. The van der Waals surface area contributed by atoms with E-state index in [0.29, 0.717) is 0 Å². The molecule has 2 aromatic heterocycles. The van der Waals surface area contributed by atoms with Gasteiger partial charge in [-0.15, -0.1) is 0 Å². The number of hydrogen-bond donors (Lipinski definition) is 4. The van der Waals surface area contributed by atoms with Gasteiger partial charge in [-0.25, -0.2) is 9.78 Å². The highest BCUT2D eigenvalue weighted by Crippen LogP contribution is 2.20. The maximum atomic E-state index is 10.3. The van der Waals surface area contributed by atoms with Crippen LogP contribution in [-0.4, -0.2) is 76.5 Å². The molecule has 0 amide bonds. The van der Waals surface area contributed by atoms with E-state index in [9.17, 15) is 14.4 Å². The highest BCUT2D eigenvalue weighted by molar-refractivity contribution is 5.88. The Bertz CT molecular complexity index is 964. The number of aromatic nitrogens is 3. The van der Waals surface area contributed by atoms with E-state index in [1.807, 2.05) is 31.1 Å². The summed E-state index contributed by atoms with van der Waals surface area (Å²) in [6, 6.07) is 4.26. The quantitative estimate of drug-likeness (QED) is 0.298. The normalized spacial score (nSPS) is 15.2. The van der Waals surface area contributed by atoms with Crippen molar-refractivity contribution >= 4 is 17.9 Å². The molecule has 0 spiro atoms. The molecule has 36 heavy (non-hydrogen) atoms. The number of rotatable bonds is 13. The Morgan fingerprint density at radius 3 is 2.25 bits per heavy atom. The minimum atomic E-state index is -2.74. The number of aryl methyl sites for hydroxylation is 1. The molecule has 4 N–H and O–H groups in total. The second-order valence-electron chi connectivity index (χ2n) is 8.87. The first-order valence-corrected chi connectivity index (χ1v) is 11.8. The number of pyridine rings is 1. The fraction of sp³-hybridized carbons (Fsp3) is 0.480. The topological polar surface area (TPSA) is 166 Å². The summed E-state index contributed by atoms with van der Waals surface area (Å²) in [5.74, 6) is -4.22. The zero-order valence-electron chi connectivity index (χ0n) is 20.1. The van der Waals surface area contributed by atoms with Crippen LogP contribution in [0.5, 0.6) is 0 Å². The van der Waals surface area contributed by atoms with Crippen LogP contribution in [0, 0.1) is 5.92 Å². The summed E-state index contributed by atoms with van der Waals surface area (Å²) in [5, 5.41) is 33.8. The van der Waals surface area contributed by atoms with Gasteiger partial charge in [0, 0.05) is 51.0 Å². The third-order valence-electron chi connectivity index (χ3n) is 5.78. The minimum absolute atomic E-state index is 0.801. The van der Waals surface area contributed by atoms with Crippen molar-refractivity contribution < 1.29 is 34.8 Å². The summed E-state index contributed by atoms with van der Waals surface area (Å²) in [5.41, 5.74) is -1.38. The number of carbonyl (C=O) groups is 3. The van der Waals surface area contributed by atoms with E-state index in [1.54, 1.807) is 0 Å². The van der Waals surface area contributed by atoms with E-state index in [4.69, 9.17) is 20.4 Å². The summed E-state index contributed by atoms with van der Waals surface area (Å²) < 4.78 is 2.16. The van der Waals surface area contributed by atoms with Crippen molar-refractivity contribution in [2.75, 3.05) is 13.1 Å². The zero-order chi connectivity index (χ0) is 26.4. The van der Waals surface area contributed by atoms with Gasteiger partial charge in [-0.3, -0.25) is 19.5 Å². The smallest absolute Gasteiger partial charge is 0.336 e. The molecule has 0 fully saturated rings. The second kappa shape index (κ2) is 14.7. The van der Waals surface area contributed by atoms with Crippen molar-refractivity contribution in [1.82, 2.24) is 19.4 Å². The lowest BCUT2D eigenvalue weighted by Crippen LogP contribution is -2.42. The van der Waals surface area contributed by atoms with Crippen molar-refractivity contribution in [3.63, 3.8) is 0 Å². The minimum Gasteiger partial charge on any atom is -0.481 e. The Morgan fingerprint density at radius 2 is 1.72 bits per heavy atom. The number of allylic oxidation sites excluding steroid dienone is 2. The van der Waals surface area contributed by atoms with Gasteiger partial charge in [-0.1, -0.05) is 12.2 Å². The SMILES string of the molecule is C1=CCC(CN(CCCn2ccnc2)Cc2ccncc2)CC1.O=C(O)CC(O)(CC(=O)O)C(=O)O. The maximum absolute atomic E-state index is 10.3. The molecule has 2 heterocycles. The third kappa shape index (κ3) is 10.8. The van der Waals surface area contributed by atoms with Crippen LogP contribution in [0.4, 0.5) is 0 Å². The van der Waals surface area contributed by atoms with Crippen LogP contribution in [0.1, 0.15) is 44.1 Å². The first-order chi connectivity index (χ1) is 17.2. The fourth-order valence-corrected chi connectivity index (χ4v) is 3.98. The van der Waals surface area contributed by atoms with Crippen LogP contribution in [-0.2, 0) is 27.5 Å². The van der Waals surface area contributed by atoms with Crippen molar-refractivity contribution in [3.8, 4) is 0 Å². The molecule has 1 aliphatic rings. The van der Waals surface area contributed by atoms with Gasteiger partial charge >= 0.3 is 17.9 Å². The van der Waals surface area contributed by atoms with Gasteiger partial charge < -0.3 is 25.0 Å². The average molecular weight is 503 g/mol. The van der Waals surface area contributed by atoms with Crippen molar-refractivity contribution in [3.05, 3.63) is 61.0 Å². The molecule has 2 aromatic rings. The number of nitrogens with zero attached hydrogens (tertiary/aromatic N) is 4. The zero-order valence-corrected chi connectivity index (χ0v) is 20.1. The Balaban J connectivity index is 0.000000302. The van der Waals surface area contributed by atoms with Gasteiger partial charge in [0.25, 0.3) is 0 Å². The summed E-state index contributed by atoms with van der Waals surface area (Å²) in [7, 11) is 0. The molecule has 11 nitrogen and oxygen atoms in total. The number of carboxylic acids is 3. The van der Waals surface area contributed by atoms with E-state index in [1.165, 1.54) is 31.4 Å². The van der Waals surface area contributed by atoms with Crippen molar-refractivity contribution in [2.45, 2.75) is 57.2 Å². The molecule has 0 bridgehead atoms. The molecule has 0 saturated heterocycles. The predicted octanol–water partition coefficient (Wildman–Crippen LogP) is 2.28. The Labute approximate surface area is 209 Å². The lowest BCUT2D eigenvalue weighted by molar-refractivity contribution is -0.170. The van der Waals surface area contributed by atoms with Crippen LogP contribution < -0.4 is 0 Å². The highest BCUT2D eigenvalue weighted by Gasteiger charge is 2.40. The van der Waals surface area contributed by atoms with Crippen molar-refractivity contribution in [1.29, 1.82) is 0 Å². The predicted molar refractivity (Wildman–Crippen MR) is 130 cm³/mol. The van der Waals surface area contributed by atoms with Crippen LogP contribution in [0.25, 0.3) is 0 Å². The number of carboxylic acid groups (broad SMARTS) is 3. The van der Waals surface area contributed by atoms with E-state index in [2.05, 4.69) is 43.7 Å². The first kappa shape index (κ1) is 28.7. The van der Waals surface area contributed by atoms with Gasteiger partial charge in [0.15, 0.2) is 5.60 Å². The first-order valence-electron chi connectivity index (χ1n) is 11.8. The van der Waals surface area contributed by atoms with E-state index in [0.717, 1.165) is 32.0 Å². The number of imidazole rings is 1. The van der Waals surface area contributed by atoms with Gasteiger partial charge in [0.05, 0.1) is 19.2 Å². The average Bonchev–Trinajstić information content (AvgIpc) is 3.33. The van der Waals surface area contributed by atoms with Gasteiger partial charge in [-0.2, -0.15) is 0 Å². The molecular formula is C25H34N4O7. The van der Waals surface area contributed by atoms with Gasteiger partial charge in [0.1, 0.15) is 0 Å². The van der Waals surface area contributed by atoms with E-state index < -0.39 is 36.4 Å². The lowest BCUT2D eigenvalue weighted by Gasteiger charge is -2.28. The van der Waals surface area contributed by atoms with Crippen LogP contribution >= 0.6 is 0 Å². The Kier molecular flexibility index (Phi) is 11.7. The maximum Gasteiger partial charge on any atom is 0.336 e. The lowest BCUT2D eigenvalue weighted by atomic mass is 9.93. The standard InChI is InChI=1S/C19H26N4.C6H8O7/c1-2-5-18(6-3-1)15-23(16-19-7-9-20-10-8-19)13-4-12-22-14-11-21-17-22;7-3(8)1-6(13,5(11)12)2-4(9)10/h1-2,7-11,14,17-18H,3-6,12-13,15-16H2;13H,1-2H2,(H,7,8)(H,9,10)(H,11,12). The van der Waals surface area contributed by atoms with Crippen LogP contribution in [0.3, 0.4) is 0 Å². The molecule has 1 unspecified atom stereocenters. The summed E-state index contributed by atoms with van der Waals surface area (Å²) in [6.07, 6.45) is 16.9. The summed E-state index contributed by atoms with van der Waals surface area (Å²) in [4.78, 5) is 41.3. The third-order valence-corrected chi connectivity index (χ3v) is 5.78. The molecule has 0 aromatic carbocycles. The van der Waals surface area contributed by atoms with Gasteiger partial charge in [-0.05, 0) is 49.3 Å². The monoisotopic (exact) mass is 502 g/mol. The number of aliphatic carboxylic acids is 3. The molecule has 0 aliphatic heterocycles. The molecule has 1 atom stereocenters. The molecule has 3 rings (SSSR count). The number of aliphatic hydroxyl groups is 1. The summed E-state index contributed by atoms with van der Waals surface area (Å²) >= 11 is 0. The van der Waals surface area contributed by atoms with Crippen LogP contribution in [0.15, 0.2) is 55.4 Å². The molecular weight excluding hydrogens is 468 g/mol. The second-order valence-corrected chi connectivity index (χ2v) is 8.87. The Hall–Kier alpha value is -3.57.